The van der Waals surface area contributed by atoms with Gasteiger partial charge >= 0.3 is 5.97 Å². The minimum Gasteiger partial charge on any atom is -0.446 e. The number of para-hydroxylation sites is 1. The van der Waals surface area contributed by atoms with Gasteiger partial charge in [-0.15, -0.1) is 5.10 Å². The molecule has 2 aromatic carbocycles. The fourth-order valence-electron chi connectivity index (χ4n) is 3.34. The van der Waals surface area contributed by atoms with Gasteiger partial charge in [0.25, 0.3) is 0 Å². The molecule has 8 heteroatoms. The molecule has 0 bridgehead atoms. The predicted octanol–water partition coefficient (Wildman–Crippen LogP) is 4.47. The van der Waals surface area contributed by atoms with Crippen LogP contribution in [0, 0.1) is 6.92 Å². The van der Waals surface area contributed by atoms with E-state index < -0.39 is 12.2 Å². The van der Waals surface area contributed by atoms with E-state index in [1.54, 1.807) is 18.2 Å². The third kappa shape index (κ3) is 3.78. The molecular formula is C22H18BrN3O4. The lowest BCUT2D eigenvalue weighted by Crippen LogP contribution is -2.25. The van der Waals surface area contributed by atoms with Gasteiger partial charge in [-0.25, -0.2) is 0 Å². The van der Waals surface area contributed by atoms with E-state index in [0.717, 1.165) is 26.6 Å². The van der Waals surface area contributed by atoms with Gasteiger partial charge in [0.05, 0.1) is 11.1 Å². The number of aromatic nitrogens is 1. The van der Waals surface area contributed by atoms with Crippen LogP contribution in [-0.4, -0.2) is 27.8 Å². The molecule has 0 saturated carbocycles. The van der Waals surface area contributed by atoms with Gasteiger partial charge in [-0.1, -0.05) is 34.1 Å². The Hall–Kier alpha value is -3.26. The number of carbonyl (C=O) groups is 2. The van der Waals surface area contributed by atoms with Crippen molar-refractivity contribution in [3.8, 4) is 5.75 Å². The van der Waals surface area contributed by atoms with Crippen LogP contribution >= 0.6 is 15.9 Å². The number of ether oxygens (including phenoxy) is 2. The fraction of sp³-hybridized carbons (Fsp3) is 0.182. The fourth-order valence-corrected chi connectivity index (χ4v) is 3.70. The summed E-state index contributed by atoms with van der Waals surface area (Å²) in [5.41, 5.74) is 2.84. The summed E-state index contributed by atoms with van der Waals surface area (Å²) in [7, 11) is 0. The van der Waals surface area contributed by atoms with Crippen LogP contribution in [0.15, 0.2) is 58.1 Å². The number of fused-ring (bicyclic) bond motifs is 1. The molecule has 1 aliphatic heterocycles. The van der Waals surface area contributed by atoms with E-state index in [9.17, 15) is 9.59 Å². The van der Waals surface area contributed by atoms with E-state index in [1.165, 1.54) is 18.9 Å². The molecule has 1 atom stereocenters. The highest BCUT2D eigenvalue weighted by molar-refractivity contribution is 9.10. The first kappa shape index (κ1) is 20.0. The first-order chi connectivity index (χ1) is 14.3. The molecule has 3 aromatic rings. The molecule has 0 spiro atoms. The van der Waals surface area contributed by atoms with Gasteiger partial charge in [0.1, 0.15) is 5.75 Å². The number of hydrogen-bond donors (Lipinski definition) is 0. The average Bonchev–Trinajstić information content (AvgIpc) is 3.14. The van der Waals surface area contributed by atoms with Crippen LogP contribution in [0.2, 0.25) is 0 Å². The first-order valence-electron chi connectivity index (χ1n) is 9.23. The van der Waals surface area contributed by atoms with Crippen molar-refractivity contribution in [3.63, 3.8) is 0 Å². The second kappa shape index (κ2) is 7.87. The van der Waals surface area contributed by atoms with Crippen molar-refractivity contribution in [2.45, 2.75) is 27.0 Å². The molecule has 0 N–H and O–H groups in total. The molecule has 2 heterocycles. The van der Waals surface area contributed by atoms with Gasteiger partial charge in [0, 0.05) is 35.0 Å². The zero-order valence-corrected chi connectivity index (χ0v) is 18.1. The summed E-state index contributed by atoms with van der Waals surface area (Å²) < 4.78 is 12.2. The number of esters is 1. The Morgan fingerprint density at radius 1 is 1.13 bits per heavy atom. The number of benzene rings is 2. The number of carbonyl (C=O) groups excluding carboxylic acids is 2. The van der Waals surface area contributed by atoms with E-state index >= 15 is 0 Å². The van der Waals surface area contributed by atoms with Crippen molar-refractivity contribution in [2.75, 3.05) is 0 Å². The third-order valence-electron chi connectivity index (χ3n) is 4.53. The molecule has 4 rings (SSSR count). The summed E-state index contributed by atoms with van der Waals surface area (Å²) in [6, 6.07) is 14.7. The number of aryl methyl sites for hydroxylation is 1. The van der Waals surface area contributed by atoms with Crippen molar-refractivity contribution >= 4 is 44.6 Å². The summed E-state index contributed by atoms with van der Waals surface area (Å²) >= 11 is 3.42. The normalized spacial score (nSPS) is 15.7. The topological polar surface area (TPSA) is 81.1 Å². The highest BCUT2D eigenvalue weighted by atomic mass is 79.9. The zero-order chi connectivity index (χ0) is 21.4. The quantitative estimate of drug-likeness (QED) is 0.419. The van der Waals surface area contributed by atoms with Crippen molar-refractivity contribution in [3.05, 3.63) is 69.8 Å². The van der Waals surface area contributed by atoms with Gasteiger partial charge in [-0.2, -0.15) is 5.01 Å². The van der Waals surface area contributed by atoms with E-state index in [1.807, 2.05) is 37.3 Å². The summed E-state index contributed by atoms with van der Waals surface area (Å²) in [4.78, 5) is 28.5. The Morgan fingerprint density at radius 2 is 1.90 bits per heavy atom. The van der Waals surface area contributed by atoms with Gasteiger partial charge in [-0.3, -0.25) is 14.6 Å². The average molecular weight is 468 g/mol. The Morgan fingerprint density at radius 3 is 2.63 bits per heavy atom. The highest BCUT2D eigenvalue weighted by Gasteiger charge is 2.35. The minimum absolute atomic E-state index is 0.186. The van der Waals surface area contributed by atoms with Gasteiger partial charge in [-0.05, 0) is 37.3 Å². The summed E-state index contributed by atoms with van der Waals surface area (Å²) in [5, 5.41) is 6.56. The largest absolute Gasteiger partial charge is 0.446 e. The Kier molecular flexibility index (Phi) is 5.26. The number of rotatable bonds is 3. The number of halogens is 1. The SMILES string of the molecule is CC(=O)Oc1ccc(Br)cc1C1=NN(C(C)=O)C(c2cc(C)nc3ccccc23)O1. The second-order valence-electron chi connectivity index (χ2n) is 6.84. The van der Waals surface area contributed by atoms with Crippen LogP contribution in [-0.2, 0) is 14.3 Å². The maximum absolute atomic E-state index is 12.4. The van der Waals surface area contributed by atoms with Crippen molar-refractivity contribution in [2.24, 2.45) is 5.10 Å². The molecule has 1 unspecified atom stereocenters. The minimum atomic E-state index is -0.770. The summed E-state index contributed by atoms with van der Waals surface area (Å²) in [6.07, 6.45) is -0.770. The van der Waals surface area contributed by atoms with Crippen LogP contribution in [0.4, 0.5) is 0 Å². The summed E-state index contributed by atoms with van der Waals surface area (Å²) in [5.74, 6) is -0.263. The van der Waals surface area contributed by atoms with E-state index in [-0.39, 0.29) is 11.8 Å². The number of hydrogen-bond acceptors (Lipinski definition) is 6. The molecule has 0 saturated heterocycles. The lowest BCUT2D eigenvalue weighted by molar-refractivity contribution is -0.135. The maximum Gasteiger partial charge on any atom is 0.308 e. The van der Waals surface area contributed by atoms with Crippen LogP contribution in [0.1, 0.15) is 36.9 Å². The smallest absolute Gasteiger partial charge is 0.308 e. The lowest BCUT2D eigenvalue weighted by atomic mass is 10.1. The number of hydrazone groups is 1. The van der Waals surface area contributed by atoms with Crippen molar-refractivity contribution in [1.29, 1.82) is 0 Å². The first-order valence-corrected chi connectivity index (χ1v) is 10.0. The van der Waals surface area contributed by atoms with Gasteiger partial charge in [0.2, 0.25) is 18.0 Å². The number of pyridine rings is 1. The molecule has 1 aromatic heterocycles. The predicted molar refractivity (Wildman–Crippen MR) is 115 cm³/mol. The van der Waals surface area contributed by atoms with E-state index in [2.05, 4.69) is 26.0 Å². The van der Waals surface area contributed by atoms with Crippen LogP contribution in [0.25, 0.3) is 10.9 Å². The molecule has 0 fully saturated rings. The Labute approximate surface area is 181 Å². The standard InChI is InChI=1S/C22H18BrN3O4/c1-12-10-17(16-6-4-5-7-19(16)24-12)22-26(13(2)27)25-21(30-22)18-11-15(23)8-9-20(18)29-14(3)28/h4-11,22H,1-3H3. The highest BCUT2D eigenvalue weighted by Crippen LogP contribution is 2.36. The molecule has 30 heavy (non-hydrogen) atoms. The molecule has 7 nitrogen and oxygen atoms in total. The Bertz CT molecular complexity index is 1210. The molecule has 0 aliphatic carbocycles. The number of nitrogens with zero attached hydrogens (tertiary/aromatic N) is 3. The Balaban J connectivity index is 1.82. The van der Waals surface area contributed by atoms with Gasteiger partial charge < -0.3 is 9.47 Å². The van der Waals surface area contributed by atoms with E-state index in [4.69, 9.17) is 9.47 Å². The summed E-state index contributed by atoms with van der Waals surface area (Å²) in [6.45, 7) is 4.63. The molecule has 1 aliphatic rings. The van der Waals surface area contributed by atoms with Gasteiger partial charge in [0.15, 0.2) is 0 Å². The van der Waals surface area contributed by atoms with Crippen LogP contribution < -0.4 is 4.74 Å². The van der Waals surface area contributed by atoms with Crippen LogP contribution in [0.3, 0.4) is 0 Å². The molecule has 0 radical (unpaired) electrons. The second-order valence-corrected chi connectivity index (χ2v) is 7.76. The number of amides is 1. The van der Waals surface area contributed by atoms with Crippen molar-refractivity contribution in [1.82, 2.24) is 9.99 Å². The van der Waals surface area contributed by atoms with Crippen LogP contribution in [0.5, 0.6) is 5.75 Å². The maximum atomic E-state index is 12.4. The van der Waals surface area contributed by atoms with E-state index in [0.29, 0.717) is 11.3 Å². The molecule has 152 valence electrons. The van der Waals surface area contributed by atoms with Crippen molar-refractivity contribution < 1.29 is 19.1 Å². The molecular weight excluding hydrogens is 450 g/mol. The third-order valence-corrected chi connectivity index (χ3v) is 5.03. The molecule has 1 amide bonds. The zero-order valence-electron chi connectivity index (χ0n) is 16.5. The lowest BCUT2D eigenvalue weighted by Gasteiger charge is -2.21. The monoisotopic (exact) mass is 467 g/mol.